The molecule has 2 aliphatic rings. The van der Waals surface area contributed by atoms with Crippen molar-refractivity contribution < 1.29 is 38.2 Å². The highest BCUT2D eigenvalue weighted by Gasteiger charge is 2.42. The second kappa shape index (κ2) is 17.7. The average Bonchev–Trinajstić information content (AvgIpc) is 3.48. The molecule has 0 aliphatic carbocycles. The highest BCUT2D eigenvalue weighted by molar-refractivity contribution is 5.95. The number of nitrogens with one attached hydrogen (secondary N) is 4. The highest BCUT2D eigenvalue weighted by atomic mass is 16.5. The number of benzene rings is 2. The minimum atomic E-state index is -0.932. The van der Waals surface area contributed by atoms with Crippen LogP contribution in [-0.4, -0.2) is 105 Å². The van der Waals surface area contributed by atoms with E-state index < -0.39 is 29.9 Å². The van der Waals surface area contributed by atoms with Crippen LogP contribution in [0.25, 0.3) is 0 Å². The summed E-state index contributed by atoms with van der Waals surface area (Å²) in [6.45, 7) is 1.01. The van der Waals surface area contributed by atoms with Gasteiger partial charge in [-0.15, -0.1) is 0 Å². The summed E-state index contributed by atoms with van der Waals surface area (Å²) < 4.78 is 16.3. The second-order valence-corrected chi connectivity index (χ2v) is 10.8. The Hall–Kier alpha value is -4.49. The number of hydrogen-bond donors (Lipinski definition) is 4. The predicted molar refractivity (Wildman–Crippen MR) is 163 cm³/mol. The van der Waals surface area contributed by atoms with Crippen LogP contribution in [0.2, 0.25) is 0 Å². The lowest BCUT2D eigenvalue weighted by molar-refractivity contribution is -0.142. The number of para-hydroxylation sites is 1. The first-order valence-electron chi connectivity index (χ1n) is 15.2. The molecule has 45 heavy (non-hydrogen) atoms. The maximum Gasteiger partial charge on any atom is 0.257 e. The summed E-state index contributed by atoms with van der Waals surface area (Å²) in [4.78, 5) is 66.3. The van der Waals surface area contributed by atoms with E-state index in [0.29, 0.717) is 30.7 Å². The van der Waals surface area contributed by atoms with Gasteiger partial charge >= 0.3 is 0 Å². The van der Waals surface area contributed by atoms with Crippen molar-refractivity contribution >= 4 is 29.5 Å². The molecular formula is C32H41N5O8. The first-order valence-corrected chi connectivity index (χ1v) is 15.2. The third kappa shape index (κ3) is 10.9. The number of amides is 5. The SMILES string of the molecule is O=C(COc1ccccc1)NCCCC[C@@H]1NC(=O)COCCOCCNC(=O)[C@@H]2C[C@H](NC(=O)c3ccccc3)CN2C1=O. The fraction of sp³-hybridized carbons (Fsp3) is 0.469. The Balaban J connectivity index is 1.37. The van der Waals surface area contributed by atoms with Crippen molar-refractivity contribution in [3.05, 3.63) is 66.2 Å². The van der Waals surface area contributed by atoms with Crippen LogP contribution in [-0.2, 0) is 28.7 Å². The Labute approximate surface area is 262 Å². The topological polar surface area (TPSA) is 164 Å². The number of hydrogen-bond acceptors (Lipinski definition) is 8. The van der Waals surface area contributed by atoms with Crippen LogP contribution in [0, 0.1) is 0 Å². The number of unbranched alkanes of at least 4 members (excludes halogenated alkanes) is 1. The van der Waals surface area contributed by atoms with Gasteiger partial charge in [-0.05, 0) is 49.9 Å². The van der Waals surface area contributed by atoms with Crippen LogP contribution < -0.4 is 26.0 Å². The number of fused-ring (bicyclic) bond motifs is 1. The molecule has 13 nitrogen and oxygen atoms in total. The summed E-state index contributed by atoms with van der Waals surface area (Å²) in [7, 11) is 0. The number of carbonyl (C=O) groups excluding carboxylic acids is 5. The minimum absolute atomic E-state index is 0.104. The monoisotopic (exact) mass is 623 g/mol. The Bertz CT molecular complexity index is 1280. The maximum atomic E-state index is 13.9. The lowest BCUT2D eigenvalue weighted by atomic mass is 10.1. The van der Waals surface area contributed by atoms with Crippen LogP contribution in [0.5, 0.6) is 5.75 Å². The summed E-state index contributed by atoms with van der Waals surface area (Å²) in [6.07, 6.45) is 1.54. The van der Waals surface area contributed by atoms with E-state index in [1.165, 1.54) is 4.90 Å². The zero-order valence-electron chi connectivity index (χ0n) is 25.2. The van der Waals surface area contributed by atoms with Gasteiger partial charge in [0.2, 0.25) is 17.7 Å². The Morgan fingerprint density at radius 1 is 0.933 bits per heavy atom. The molecular weight excluding hydrogens is 582 g/mol. The lowest BCUT2D eigenvalue weighted by Crippen LogP contribution is -2.54. The molecule has 2 aromatic rings. The van der Waals surface area contributed by atoms with Crippen molar-refractivity contribution in [3.63, 3.8) is 0 Å². The first kappa shape index (κ1) is 33.4. The molecule has 242 valence electrons. The van der Waals surface area contributed by atoms with Crippen molar-refractivity contribution in [1.82, 2.24) is 26.2 Å². The van der Waals surface area contributed by atoms with Crippen molar-refractivity contribution in [1.29, 1.82) is 0 Å². The van der Waals surface area contributed by atoms with Crippen molar-refractivity contribution in [2.45, 2.75) is 43.8 Å². The van der Waals surface area contributed by atoms with Crippen LogP contribution in [0.4, 0.5) is 0 Å². The molecule has 2 aliphatic heterocycles. The largest absolute Gasteiger partial charge is 0.484 e. The molecule has 3 atom stereocenters. The summed E-state index contributed by atoms with van der Waals surface area (Å²) in [5, 5.41) is 11.3. The molecule has 2 aromatic carbocycles. The van der Waals surface area contributed by atoms with Gasteiger partial charge in [-0.1, -0.05) is 36.4 Å². The fourth-order valence-corrected chi connectivity index (χ4v) is 5.15. The number of ether oxygens (including phenoxy) is 3. The molecule has 0 aromatic heterocycles. The van der Waals surface area contributed by atoms with Gasteiger partial charge in [0.15, 0.2) is 6.61 Å². The lowest BCUT2D eigenvalue weighted by Gasteiger charge is -2.28. The normalized spacial score (nSPS) is 21.4. The molecule has 4 rings (SSSR count). The van der Waals surface area contributed by atoms with Crippen molar-refractivity contribution in [2.24, 2.45) is 0 Å². The maximum absolute atomic E-state index is 13.9. The Kier molecular flexibility index (Phi) is 13.2. The van der Waals surface area contributed by atoms with Gasteiger partial charge in [0.05, 0.1) is 19.8 Å². The van der Waals surface area contributed by atoms with Crippen molar-refractivity contribution in [3.8, 4) is 5.75 Å². The van der Waals surface area contributed by atoms with E-state index in [4.69, 9.17) is 14.2 Å². The Morgan fingerprint density at radius 2 is 1.67 bits per heavy atom. The molecule has 5 amide bonds. The molecule has 0 unspecified atom stereocenters. The highest BCUT2D eigenvalue weighted by Crippen LogP contribution is 2.21. The predicted octanol–water partition coefficient (Wildman–Crippen LogP) is 0.399. The smallest absolute Gasteiger partial charge is 0.257 e. The first-order chi connectivity index (χ1) is 21.9. The quantitative estimate of drug-likeness (QED) is 0.276. The van der Waals surface area contributed by atoms with Gasteiger partial charge < -0.3 is 40.4 Å². The van der Waals surface area contributed by atoms with Crippen molar-refractivity contribution in [2.75, 3.05) is 52.7 Å². The number of carbonyl (C=O) groups is 5. The Morgan fingerprint density at radius 3 is 2.44 bits per heavy atom. The standard InChI is InChI=1S/C32H41N5O8/c38-28(22-45-25-11-5-2-6-12-25)33-14-8-7-13-26-32(42)37-20-24(35-30(40)23-9-3-1-4-10-23)19-27(37)31(41)34-15-16-43-17-18-44-21-29(39)36-26/h1-6,9-12,24,26-27H,7-8,13-22H2,(H,33,38)(H,34,41)(H,35,40)(H,36,39)/t24-,26-,27-/m0/s1. The molecule has 13 heteroatoms. The molecule has 2 fully saturated rings. The van der Waals surface area contributed by atoms with Gasteiger partial charge in [-0.2, -0.15) is 0 Å². The van der Waals surface area contributed by atoms with E-state index in [1.807, 2.05) is 24.3 Å². The summed E-state index contributed by atoms with van der Waals surface area (Å²) in [5.41, 5.74) is 0.471. The summed E-state index contributed by atoms with van der Waals surface area (Å²) >= 11 is 0. The van der Waals surface area contributed by atoms with Crippen LogP contribution >= 0.6 is 0 Å². The molecule has 2 heterocycles. The van der Waals surface area contributed by atoms with E-state index in [2.05, 4.69) is 21.3 Å². The van der Waals surface area contributed by atoms with Gasteiger partial charge in [0.25, 0.3) is 11.8 Å². The molecule has 0 radical (unpaired) electrons. The van der Waals surface area contributed by atoms with E-state index in [0.717, 1.165) is 0 Å². The van der Waals surface area contributed by atoms with Gasteiger partial charge in [0.1, 0.15) is 24.4 Å². The molecule has 0 saturated carbocycles. The third-order valence-corrected chi connectivity index (χ3v) is 7.40. The zero-order valence-corrected chi connectivity index (χ0v) is 25.2. The van der Waals surface area contributed by atoms with Crippen LogP contribution in [0.15, 0.2) is 60.7 Å². The summed E-state index contributed by atoms with van der Waals surface area (Å²) in [5.74, 6) is -1.23. The number of nitrogens with zero attached hydrogens (tertiary/aromatic N) is 1. The van der Waals surface area contributed by atoms with Gasteiger partial charge in [-0.25, -0.2) is 0 Å². The third-order valence-electron chi connectivity index (χ3n) is 7.40. The number of rotatable bonds is 10. The zero-order chi connectivity index (χ0) is 31.9. The molecule has 0 bridgehead atoms. The second-order valence-electron chi connectivity index (χ2n) is 10.8. The van der Waals surface area contributed by atoms with E-state index in [-0.39, 0.29) is 76.7 Å². The average molecular weight is 624 g/mol. The van der Waals surface area contributed by atoms with E-state index in [9.17, 15) is 24.0 Å². The van der Waals surface area contributed by atoms with Crippen LogP contribution in [0.3, 0.4) is 0 Å². The van der Waals surface area contributed by atoms with Gasteiger partial charge in [0, 0.05) is 31.2 Å². The minimum Gasteiger partial charge on any atom is -0.484 e. The van der Waals surface area contributed by atoms with Crippen LogP contribution in [0.1, 0.15) is 36.0 Å². The molecule has 2 saturated heterocycles. The van der Waals surface area contributed by atoms with E-state index in [1.54, 1.807) is 36.4 Å². The van der Waals surface area contributed by atoms with E-state index >= 15 is 0 Å². The fourth-order valence-electron chi connectivity index (χ4n) is 5.15. The summed E-state index contributed by atoms with van der Waals surface area (Å²) in [6, 6.07) is 15.5. The van der Waals surface area contributed by atoms with Gasteiger partial charge in [-0.3, -0.25) is 24.0 Å². The molecule has 4 N–H and O–H groups in total. The molecule has 0 spiro atoms.